The van der Waals surface area contributed by atoms with Crippen molar-refractivity contribution in [2.24, 2.45) is 0 Å². The minimum absolute atomic E-state index is 1.05. The van der Waals surface area contributed by atoms with Crippen LogP contribution in [0.3, 0.4) is 0 Å². The zero-order valence-electron chi connectivity index (χ0n) is 38.2. The van der Waals surface area contributed by atoms with Crippen LogP contribution in [-0.4, -0.2) is 0 Å². The summed E-state index contributed by atoms with van der Waals surface area (Å²) in [4.78, 5) is 14.1. The molecular formula is C56H46S7. The van der Waals surface area contributed by atoms with Crippen LogP contribution in [0.25, 0.3) is 6.08 Å². The van der Waals surface area contributed by atoms with Crippen LogP contribution in [0, 0.1) is 168 Å². The maximum atomic E-state index is 3.96. The number of hydrogen-bond donors (Lipinski definition) is 0. The van der Waals surface area contributed by atoms with Crippen molar-refractivity contribution in [1.29, 1.82) is 0 Å². The van der Waals surface area contributed by atoms with Gasteiger partial charge in [0.15, 0.2) is 0 Å². The van der Waals surface area contributed by atoms with Gasteiger partial charge in [-0.05, 0) is 251 Å². The Morgan fingerprint density at radius 2 is 0.492 bits per heavy atom. The van der Waals surface area contributed by atoms with E-state index in [1.165, 1.54) is 82.8 Å². The topological polar surface area (TPSA) is 0 Å². The minimum Gasteiger partial charge on any atom is -0.135 e. The van der Waals surface area contributed by atoms with Crippen molar-refractivity contribution in [2.75, 3.05) is 0 Å². The molecule has 0 aliphatic heterocycles. The second-order valence-corrected chi connectivity index (χ2v) is 22.7. The lowest BCUT2D eigenvalue weighted by atomic mass is 10.1. The average molecular weight is 943 g/mol. The van der Waals surface area contributed by atoms with Gasteiger partial charge in [-0.3, -0.25) is 0 Å². The molecule has 0 saturated heterocycles. The molecule has 312 valence electrons. The molecule has 0 N–H and O–H groups in total. The van der Waals surface area contributed by atoms with E-state index in [2.05, 4.69) is 180 Å². The maximum absolute atomic E-state index is 3.96. The largest absolute Gasteiger partial charge is 0.135 e. The van der Waals surface area contributed by atoms with E-state index in [0.29, 0.717) is 0 Å². The van der Waals surface area contributed by atoms with Crippen molar-refractivity contribution in [3.8, 4) is 71.0 Å². The predicted molar refractivity (Wildman–Crippen MR) is 283 cm³/mol. The standard InChI is InChI=1S/C56H46S7/c1-16-44-32(4)33(5)46(58-44)19-20-48-36(8)37(9)50(60-48)23-24-52-40(12)41(13)54(62-52)27-28-56-43(15)42(14)55(63-56)26-25-53-39(11)38(10)51(61-53)22-21-49-35(7)34(6)47(59-49)18-17-45-31(3)30(2)29-57-45/h16,29H,1H2,2-15H3. The number of aryl methyl sites for hydroxylation is 1. The smallest absolute Gasteiger partial charge is 0.0817 e. The average Bonchev–Trinajstić information content (AvgIpc) is 4.10. The van der Waals surface area contributed by atoms with E-state index in [1.807, 2.05) is 6.08 Å². The lowest BCUT2D eigenvalue weighted by molar-refractivity contribution is 1.37. The molecule has 7 aromatic heterocycles. The number of rotatable bonds is 1. The Bertz CT molecular complexity index is 3430. The molecular weight excluding hydrogens is 897 g/mol. The van der Waals surface area contributed by atoms with Crippen molar-refractivity contribution in [3.63, 3.8) is 0 Å². The molecule has 0 unspecified atom stereocenters. The Balaban J connectivity index is 1.09. The van der Waals surface area contributed by atoms with Gasteiger partial charge in [-0.1, -0.05) is 12.7 Å². The molecule has 7 heterocycles. The highest BCUT2D eigenvalue weighted by atomic mass is 32.1. The molecule has 0 aromatic carbocycles. The van der Waals surface area contributed by atoms with E-state index >= 15 is 0 Å². The highest BCUT2D eigenvalue weighted by molar-refractivity contribution is 7.15. The molecule has 0 atom stereocenters. The van der Waals surface area contributed by atoms with Gasteiger partial charge in [-0.15, -0.1) is 79.4 Å². The molecule has 7 rings (SSSR count). The fourth-order valence-corrected chi connectivity index (χ4v) is 13.5. The Morgan fingerprint density at radius 3 is 0.683 bits per heavy atom. The molecule has 0 nitrogen and oxygen atoms in total. The van der Waals surface area contributed by atoms with Gasteiger partial charge < -0.3 is 0 Å². The summed E-state index contributed by atoms with van der Waals surface area (Å²) in [6, 6.07) is 0. The molecule has 0 aliphatic carbocycles. The van der Waals surface area contributed by atoms with E-state index in [1.54, 1.807) is 79.4 Å². The summed E-state index contributed by atoms with van der Waals surface area (Å²) in [6.07, 6.45) is 1.92. The molecule has 0 amide bonds. The van der Waals surface area contributed by atoms with Crippen molar-refractivity contribution in [2.45, 2.75) is 96.9 Å². The summed E-state index contributed by atoms with van der Waals surface area (Å²) >= 11 is 11.8. The normalized spacial score (nSPS) is 10.3. The lowest BCUT2D eigenvalue weighted by Gasteiger charge is -1.91. The summed E-state index contributed by atoms with van der Waals surface area (Å²) in [5, 5.41) is 2.18. The molecule has 0 aliphatic rings. The van der Waals surface area contributed by atoms with Crippen molar-refractivity contribution in [3.05, 3.63) is 153 Å². The third-order valence-electron chi connectivity index (χ3n) is 11.9. The lowest BCUT2D eigenvalue weighted by Crippen LogP contribution is -1.80. The summed E-state index contributed by atoms with van der Waals surface area (Å²) in [7, 11) is 0. The van der Waals surface area contributed by atoms with Crippen molar-refractivity contribution >= 4 is 85.4 Å². The van der Waals surface area contributed by atoms with Crippen LogP contribution in [0.15, 0.2) is 12.0 Å². The van der Waals surface area contributed by atoms with E-state index in [4.69, 9.17) is 0 Å². The number of hydrogen-bond acceptors (Lipinski definition) is 7. The van der Waals surface area contributed by atoms with E-state index < -0.39 is 0 Å². The van der Waals surface area contributed by atoms with E-state index in [9.17, 15) is 0 Å². The van der Waals surface area contributed by atoms with Gasteiger partial charge in [0.05, 0.1) is 58.5 Å². The molecule has 63 heavy (non-hydrogen) atoms. The molecule has 0 radical (unpaired) electrons. The van der Waals surface area contributed by atoms with Gasteiger partial charge in [0.2, 0.25) is 0 Å². The Morgan fingerprint density at radius 1 is 0.286 bits per heavy atom. The monoisotopic (exact) mass is 942 g/mol. The first-order valence-corrected chi connectivity index (χ1v) is 26.2. The first kappa shape index (κ1) is 46.0. The van der Waals surface area contributed by atoms with Gasteiger partial charge in [-0.2, -0.15) is 0 Å². The van der Waals surface area contributed by atoms with Gasteiger partial charge in [-0.25, -0.2) is 0 Å². The second kappa shape index (κ2) is 19.0. The Hall–Kier alpha value is -5.00. The molecule has 0 saturated carbocycles. The van der Waals surface area contributed by atoms with Crippen molar-refractivity contribution in [1.82, 2.24) is 0 Å². The molecule has 0 spiro atoms. The highest BCUT2D eigenvalue weighted by Crippen LogP contribution is 2.33. The quantitative estimate of drug-likeness (QED) is 0.144. The first-order chi connectivity index (χ1) is 30.0. The van der Waals surface area contributed by atoms with Crippen LogP contribution in [0.1, 0.15) is 141 Å². The van der Waals surface area contributed by atoms with E-state index in [0.717, 1.165) is 58.5 Å². The van der Waals surface area contributed by atoms with Gasteiger partial charge in [0.1, 0.15) is 0 Å². The second-order valence-electron chi connectivity index (χ2n) is 15.7. The molecule has 7 heteroatoms. The summed E-state index contributed by atoms with van der Waals surface area (Å²) in [5.41, 5.74) is 17.0. The van der Waals surface area contributed by atoms with Gasteiger partial charge >= 0.3 is 0 Å². The third-order valence-corrected chi connectivity index (χ3v) is 20.5. The Kier molecular flexibility index (Phi) is 13.9. The molecule has 0 fully saturated rings. The van der Waals surface area contributed by atoms with Gasteiger partial charge in [0, 0.05) is 4.88 Å². The first-order valence-electron chi connectivity index (χ1n) is 20.4. The highest BCUT2D eigenvalue weighted by Gasteiger charge is 2.15. The SMILES string of the molecule is C=Cc1sc(C#Cc2sc(C#Cc3sc(C#Cc4sc(C#Cc5sc(C#Cc6sc(C#Cc7scc(C)c7C)c(C)c6C)c(C)c5C)c(C)c4C)c(C)c3C)c(C)c2C)c(C)c1C. The molecule has 7 aromatic rings. The summed E-state index contributed by atoms with van der Waals surface area (Å²) < 4.78 is 0. The zero-order chi connectivity index (χ0) is 45.4. The van der Waals surface area contributed by atoms with Crippen LogP contribution in [-0.2, 0) is 0 Å². The minimum atomic E-state index is 1.05. The van der Waals surface area contributed by atoms with Crippen LogP contribution < -0.4 is 0 Å². The van der Waals surface area contributed by atoms with Crippen LogP contribution in [0.2, 0.25) is 0 Å². The Labute approximate surface area is 403 Å². The maximum Gasteiger partial charge on any atom is 0.0817 e. The summed E-state index contributed by atoms with van der Waals surface area (Å²) in [5.74, 6) is 41.7. The van der Waals surface area contributed by atoms with Crippen LogP contribution in [0.5, 0.6) is 0 Å². The number of thiophene rings is 7. The van der Waals surface area contributed by atoms with Crippen LogP contribution in [0.4, 0.5) is 0 Å². The third kappa shape index (κ3) is 9.32. The van der Waals surface area contributed by atoms with Crippen molar-refractivity contribution < 1.29 is 0 Å². The van der Waals surface area contributed by atoms with Crippen LogP contribution >= 0.6 is 79.4 Å². The van der Waals surface area contributed by atoms with Gasteiger partial charge in [0.25, 0.3) is 0 Å². The predicted octanol–water partition coefficient (Wildman–Crippen LogP) is 15.5. The fourth-order valence-electron chi connectivity index (χ4n) is 6.41. The van der Waals surface area contributed by atoms with E-state index in [-0.39, 0.29) is 0 Å². The zero-order valence-corrected chi connectivity index (χ0v) is 43.9. The summed E-state index contributed by atoms with van der Waals surface area (Å²) in [6.45, 7) is 34.0. The fraction of sp³-hybridized carbons (Fsp3) is 0.250. The molecule has 0 bridgehead atoms.